The van der Waals surface area contributed by atoms with Crippen molar-refractivity contribution in [3.8, 4) is 0 Å². The molecule has 0 saturated carbocycles. The van der Waals surface area contributed by atoms with Crippen LogP contribution < -0.4 is 16.6 Å². The van der Waals surface area contributed by atoms with Gasteiger partial charge in [-0.2, -0.15) is 0 Å². The number of benzene rings is 1. The number of hydrogen-bond acceptors (Lipinski definition) is 4. The van der Waals surface area contributed by atoms with Crippen LogP contribution in [0.15, 0.2) is 33.8 Å². The van der Waals surface area contributed by atoms with Gasteiger partial charge in [0.15, 0.2) is 0 Å². The number of carbonyl (C=O) groups excluding carboxylic acids is 1. The molecule has 23 heavy (non-hydrogen) atoms. The Labute approximate surface area is 149 Å². The summed E-state index contributed by atoms with van der Waals surface area (Å²) in [5.74, 6) is -0.139. The Hall–Kier alpha value is -1.44. The second-order valence-corrected chi connectivity index (χ2v) is 6.84. The van der Waals surface area contributed by atoms with E-state index in [2.05, 4.69) is 26.2 Å². The molecule has 0 bridgehead atoms. The van der Waals surface area contributed by atoms with Crippen LogP contribution >= 0.6 is 28.3 Å². The molecule has 0 unspecified atom stereocenters. The second-order valence-electron chi connectivity index (χ2n) is 5.92. The number of hydrogen-bond donors (Lipinski definition) is 2. The molecule has 0 atom stereocenters. The SMILES string of the molecule is CC(C)(N)CNC(=O)CCn1cnc2ccc(Br)cc2c1=O.Cl. The molecule has 1 heterocycles. The van der Waals surface area contributed by atoms with E-state index in [1.807, 2.05) is 19.9 Å². The zero-order valence-corrected chi connectivity index (χ0v) is 15.4. The van der Waals surface area contributed by atoms with Crippen LogP contribution in [0.1, 0.15) is 20.3 Å². The van der Waals surface area contributed by atoms with Crippen LogP contribution in [0.5, 0.6) is 0 Å². The molecule has 126 valence electrons. The van der Waals surface area contributed by atoms with Crippen molar-refractivity contribution >= 4 is 45.1 Å². The van der Waals surface area contributed by atoms with E-state index in [0.29, 0.717) is 17.4 Å². The average molecular weight is 404 g/mol. The smallest absolute Gasteiger partial charge is 0.261 e. The van der Waals surface area contributed by atoms with Crippen molar-refractivity contribution in [1.29, 1.82) is 0 Å². The number of nitrogens with one attached hydrogen (secondary N) is 1. The van der Waals surface area contributed by atoms with E-state index in [1.54, 1.807) is 12.1 Å². The summed E-state index contributed by atoms with van der Waals surface area (Å²) < 4.78 is 2.27. The van der Waals surface area contributed by atoms with Gasteiger partial charge >= 0.3 is 0 Å². The molecule has 1 amide bonds. The fourth-order valence-corrected chi connectivity index (χ4v) is 2.29. The lowest BCUT2D eigenvalue weighted by atomic mass is 10.1. The van der Waals surface area contributed by atoms with Gasteiger partial charge in [0.05, 0.1) is 17.2 Å². The van der Waals surface area contributed by atoms with E-state index in [-0.39, 0.29) is 36.8 Å². The number of rotatable bonds is 5. The fourth-order valence-electron chi connectivity index (χ4n) is 1.93. The molecule has 0 aliphatic rings. The van der Waals surface area contributed by atoms with Crippen LogP contribution in [0.3, 0.4) is 0 Å². The minimum atomic E-state index is -0.455. The van der Waals surface area contributed by atoms with E-state index in [4.69, 9.17) is 5.73 Å². The van der Waals surface area contributed by atoms with Gasteiger partial charge in [-0.15, -0.1) is 12.4 Å². The van der Waals surface area contributed by atoms with Crippen LogP contribution in [0.4, 0.5) is 0 Å². The largest absolute Gasteiger partial charge is 0.354 e. The van der Waals surface area contributed by atoms with Crippen molar-refractivity contribution in [3.63, 3.8) is 0 Å². The Kier molecular flexibility index (Phi) is 6.73. The maximum atomic E-state index is 12.4. The number of halogens is 2. The lowest BCUT2D eigenvalue weighted by Gasteiger charge is -2.18. The number of nitrogens with two attached hydrogens (primary N) is 1. The van der Waals surface area contributed by atoms with Crippen molar-refractivity contribution in [2.75, 3.05) is 6.54 Å². The molecule has 1 aromatic carbocycles. The number of carbonyl (C=O) groups is 1. The normalized spacial score (nSPS) is 11.1. The summed E-state index contributed by atoms with van der Waals surface area (Å²) in [4.78, 5) is 28.4. The van der Waals surface area contributed by atoms with Gasteiger partial charge < -0.3 is 11.1 Å². The lowest BCUT2D eigenvalue weighted by molar-refractivity contribution is -0.121. The molecule has 2 rings (SSSR count). The van der Waals surface area contributed by atoms with E-state index >= 15 is 0 Å². The van der Waals surface area contributed by atoms with Crippen LogP contribution in [-0.4, -0.2) is 27.5 Å². The summed E-state index contributed by atoms with van der Waals surface area (Å²) in [5, 5.41) is 3.28. The first-order valence-electron chi connectivity index (χ1n) is 6.96. The first-order chi connectivity index (χ1) is 10.3. The molecule has 0 saturated heterocycles. The number of aryl methyl sites for hydroxylation is 1. The summed E-state index contributed by atoms with van der Waals surface area (Å²) in [6.07, 6.45) is 1.68. The highest BCUT2D eigenvalue weighted by molar-refractivity contribution is 9.10. The van der Waals surface area contributed by atoms with Gasteiger partial charge in [-0.05, 0) is 32.0 Å². The molecule has 0 fully saturated rings. The molecule has 1 aromatic heterocycles. The zero-order valence-electron chi connectivity index (χ0n) is 13.0. The fraction of sp³-hybridized carbons (Fsp3) is 0.400. The summed E-state index contributed by atoms with van der Waals surface area (Å²) in [5.41, 5.74) is 5.84. The molecule has 3 N–H and O–H groups in total. The van der Waals surface area contributed by atoms with Gasteiger partial charge in [0, 0.05) is 29.5 Å². The molecule has 0 spiro atoms. The molecule has 0 aliphatic carbocycles. The minimum absolute atomic E-state index is 0. The quantitative estimate of drug-likeness (QED) is 0.797. The third-order valence-corrected chi connectivity index (χ3v) is 3.60. The standard InChI is InChI=1S/C15H19BrN4O2.ClH/c1-15(2,17)8-18-13(21)5-6-20-9-19-12-4-3-10(16)7-11(12)14(20)22;/h3-4,7,9H,5-6,8,17H2,1-2H3,(H,18,21);1H. The number of amides is 1. The van der Waals surface area contributed by atoms with Crippen molar-refractivity contribution in [3.05, 3.63) is 39.4 Å². The Bertz CT molecular complexity index is 755. The molecule has 0 radical (unpaired) electrons. The van der Waals surface area contributed by atoms with E-state index < -0.39 is 5.54 Å². The van der Waals surface area contributed by atoms with Crippen LogP contribution in [0.25, 0.3) is 10.9 Å². The molecular weight excluding hydrogens is 384 g/mol. The predicted molar refractivity (Wildman–Crippen MR) is 96.8 cm³/mol. The summed E-state index contributed by atoms with van der Waals surface area (Å²) in [6, 6.07) is 5.35. The second kappa shape index (κ2) is 7.90. The van der Waals surface area contributed by atoms with E-state index in [9.17, 15) is 9.59 Å². The van der Waals surface area contributed by atoms with Crippen LogP contribution in [0, 0.1) is 0 Å². The Morgan fingerprint density at radius 2 is 2.13 bits per heavy atom. The van der Waals surface area contributed by atoms with Gasteiger partial charge in [0.2, 0.25) is 5.91 Å². The number of fused-ring (bicyclic) bond motifs is 1. The first kappa shape index (κ1) is 19.6. The third kappa shape index (κ3) is 5.60. The zero-order chi connectivity index (χ0) is 16.3. The molecule has 6 nitrogen and oxygen atoms in total. The van der Waals surface area contributed by atoms with Gasteiger partial charge in [0.1, 0.15) is 0 Å². The highest BCUT2D eigenvalue weighted by Gasteiger charge is 2.12. The predicted octanol–water partition coefficient (Wildman–Crippen LogP) is 1.82. The maximum absolute atomic E-state index is 12.4. The molecule has 8 heteroatoms. The van der Waals surface area contributed by atoms with Gasteiger partial charge in [-0.1, -0.05) is 15.9 Å². The maximum Gasteiger partial charge on any atom is 0.261 e. The molecule has 2 aromatic rings. The van der Waals surface area contributed by atoms with Gasteiger partial charge in [-0.25, -0.2) is 4.98 Å². The average Bonchev–Trinajstić information content (AvgIpc) is 2.44. The Morgan fingerprint density at radius 1 is 1.43 bits per heavy atom. The molecular formula is C15H20BrClN4O2. The van der Waals surface area contributed by atoms with Gasteiger partial charge in [0.25, 0.3) is 5.56 Å². The monoisotopic (exact) mass is 402 g/mol. The Balaban J connectivity index is 0.00000264. The number of nitrogens with zero attached hydrogens (tertiary/aromatic N) is 2. The topological polar surface area (TPSA) is 90.0 Å². The summed E-state index contributed by atoms with van der Waals surface area (Å²) >= 11 is 3.34. The summed E-state index contributed by atoms with van der Waals surface area (Å²) in [6.45, 7) is 4.35. The van der Waals surface area contributed by atoms with Gasteiger partial charge in [-0.3, -0.25) is 14.2 Å². The van der Waals surface area contributed by atoms with Crippen molar-refractivity contribution in [2.24, 2.45) is 5.73 Å². The van der Waals surface area contributed by atoms with Crippen molar-refractivity contribution < 1.29 is 4.79 Å². The summed E-state index contributed by atoms with van der Waals surface area (Å²) in [7, 11) is 0. The molecule has 0 aliphatic heterocycles. The lowest BCUT2D eigenvalue weighted by Crippen LogP contribution is -2.45. The van der Waals surface area contributed by atoms with Crippen molar-refractivity contribution in [2.45, 2.75) is 32.4 Å². The minimum Gasteiger partial charge on any atom is -0.354 e. The van der Waals surface area contributed by atoms with Crippen molar-refractivity contribution in [1.82, 2.24) is 14.9 Å². The van der Waals surface area contributed by atoms with Crippen LogP contribution in [0.2, 0.25) is 0 Å². The highest BCUT2D eigenvalue weighted by atomic mass is 79.9. The van der Waals surface area contributed by atoms with Crippen LogP contribution in [-0.2, 0) is 11.3 Å². The third-order valence-electron chi connectivity index (χ3n) is 3.11. The highest BCUT2D eigenvalue weighted by Crippen LogP contribution is 2.14. The van der Waals surface area contributed by atoms with E-state index in [1.165, 1.54) is 10.9 Å². The Morgan fingerprint density at radius 3 is 2.78 bits per heavy atom. The van der Waals surface area contributed by atoms with E-state index in [0.717, 1.165) is 4.47 Å². The number of aromatic nitrogens is 2. The first-order valence-corrected chi connectivity index (χ1v) is 7.76.